The van der Waals surface area contributed by atoms with E-state index in [2.05, 4.69) is 68.7 Å². The number of methoxy groups -OCH3 is 1. The molecule has 0 spiro atoms. The number of ether oxygens (including phenoxy) is 1. The number of alkyl halides is 3. The molecular weight excluding hydrogens is 475 g/mol. The molecule has 3 aromatic rings. The van der Waals surface area contributed by atoms with Crippen LogP contribution in [-0.4, -0.2) is 66.4 Å². The minimum atomic E-state index is -4.61. The van der Waals surface area contributed by atoms with Crippen molar-refractivity contribution in [1.29, 1.82) is 0 Å². The zero-order chi connectivity index (χ0) is 26.3. The lowest BCUT2D eigenvalue weighted by Gasteiger charge is -2.53. The molecule has 1 aliphatic heterocycles. The molecule has 1 aromatic carbocycles. The molecule has 0 saturated carbocycles. The number of hydrogen-bond donors (Lipinski definition) is 2. The number of anilines is 3. The Hall–Kier alpha value is -3.48. The maximum Gasteiger partial charge on any atom is 0.421 e. The summed E-state index contributed by atoms with van der Waals surface area (Å²) in [5.41, 5.74) is -0.254. The maximum absolute atomic E-state index is 13.8. The van der Waals surface area contributed by atoms with Crippen LogP contribution in [0.2, 0.25) is 0 Å². The number of nitrogens with one attached hydrogen (secondary N) is 2. The number of likely N-dealkylation sites (tertiary alicyclic amines) is 1. The third kappa shape index (κ3) is 5.35. The van der Waals surface area contributed by atoms with Crippen LogP contribution in [0.25, 0.3) is 5.69 Å². The minimum Gasteiger partial charge on any atom is -0.497 e. The summed E-state index contributed by atoms with van der Waals surface area (Å²) >= 11 is 0. The largest absolute Gasteiger partial charge is 0.497 e. The highest BCUT2D eigenvalue weighted by atomic mass is 19.4. The first-order valence-corrected chi connectivity index (χ1v) is 11.4. The fourth-order valence-corrected chi connectivity index (χ4v) is 4.74. The number of hydrogen-bond acceptors (Lipinski definition) is 9. The van der Waals surface area contributed by atoms with Gasteiger partial charge in [0.15, 0.2) is 0 Å². The van der Waals surface area contributed by atoms with E-state index in [1.807, 2.05) is 7.05 Å². The lowest BCUT2D eigenvalue weighted by Crippen LogP contribution is -2.61. The number of piperidine rings is 1. The molecule has 36 heavy (non-hydrogen) atoms. The summed E-state index contributed by atoms with van der Waals surface area (Å²) in [5.74, 6) is 0.240. The Morgan fingerprint density at radius 1 is 1.08 bits per heavy atom. The second-order valence-corrected chi connectivity index (χ2v) is 10.2. The molecule has 4 rings (SSSR count). The molecule has 10 nitrogen and oxygen atoms in total. The molecule has 0 amide bonds. The summed E-state index contributed by atoms with van der Waals surface area (Å²) < 4.78 is 48.3. The predicted molar refractivity (Wildman–Crippen MR) is 129 cm³/mol. The molecule has 1 fully saturated rings. The van der Waals surface area contributed by atoms with Crippen LogP contribution in [0.4, 0.5) is 30.6 Å². The van der Waals surface area contributed by atoms with Gasteiger partial charge in [-0.25, -0.2) is 9.67 Å². The van der Waals surface area contributed by atoms with Crippen molar-refractivity contribution in [2.24, 2.45) is 0 Å². The molecule has 0 aliphatic carbocycles. The molecule has 2 N–H and O–H groups in total. The van der Waals surface area contributed by atoms with E-state index < -0.39 is 11.7 Å². The first-order chi connectivity index (χ1) is 16.8. The zero-order valence-corrected chi connectivity index (χ0v) is 21.1. The van der Waals surface area contributed by atoms with E-state index in [1.54, 1.807) is 18.2 Å². The molecule has 3 heterocycles. The number of rotatable bonds is 6. The zero-order valence-electron chi connectivity index (χ0n) is 21.1. The molecule has 1 saturated heterocycles. The Morgan fingerprint density at radius 3 is 2.36 bits per heavy atom. The summed E-state index contributed by atoms with van der Waals surface area (Å²) in [6, 6.07) is 4.88. The Labute approximate surface area is 207 Å². The lowest BCUT2D eigenvalue weighted by molar-refractivity contribution is -0.137. The number of tetrazole rings is 1. The molecule has 1 aliphatic rings. The summed E-state index contributed by atoms with van der Waals surface area (Å²) in [6.07, 6.45) is -1.09. The summed E-state index contributed by atoms with van der Waals surface area (Å²) in [7, 11) is 3.55. The molecule has 0 atom stereocenters. The van der Waals surface area contributed by atoms with Crippen LogP contribution < -0.4 is 15.4 Å². The minimum absolute atomic E-state index is 0.00728. The molecule has 0 unspecified atom stereocenters. The number of benzene rings is 1. The average molecular weight is 506 g/mol. The van der Waals surface area contributed by atoms with Gasteiger partial charge in [-0.05, 0) is 64.1 Å². The van der Waals surface area contributed by atoms with Crippen LogP contribution in [0.3, 0.4) is 0 Å². The van der Waals surface area contributed by atoms with Gasteiger partial charge in [-0.3, -0.25) is 4.90 Å². The van der Waals surface area contributed by atoms with Gasteiger partial charge in [0.2, 0.25) is 5.95 Å². The van der Waals surface area contributed by atoms with Crippen molar-refractivity contribution < 1.29 is 17.9 Å². The number of aromatic nitrogens is 6. The van der Waals surface area contributed by atoms with Gasteiger partial charge in [0, 0.05) is 41.1 Å². The van der Waals surface area contributed by atoms with E-state index in [0.717, 1.165) is 6.20 Å². The van der Waals surface area contributed by atoms with Gasteiger partial charge in [0.25, 0.3) is 0 Å². The first kappa shape index (κ1) is 25.6. The number of nitrogens with zero attached hydrogens (tertiary/aromatic N) is 7. The molecule has 0 radical (unpaired) electrons. The van der Waals surface area contributed by atoms with E-state index in [-0.39, 0.29) is 28.9 Å². The molecule has 2 aromatic heterocycles. The first-order valence-electron chi connectivity index (χ1n) is 11.4. The summed E-state index contributed by atoms with van der Waals surface area (Å²) in [6.45, 7) is 8.35. The third-order valence-electron chi connectivity index (χ3n) is 6.74. The van der Waals surface area contributed by atoms with E-state index in [1.165, 1.54) is 18.1 Å². The van der Waals surface area contributed by atoms with Crippen molar-refractivity contribution in [2.75, 3.05) is 24.8 Å². The van der Waals surface area contributed by atoms with E-state index in [9.17, 15) is 13.2 Å². The van der Waals surface area contributed by atoms with Gasteiger partial charge >= 0.3 is 6.18 Å². The van der Waals surface area contributed by atoms with E-state index >= 15 is 0 Å². The Bertz CT molecular complexity index is 1190. The predicted octanol–water partition coefficient (Wildman–Crippen LogP) is 4.29. The van der Waals surface area contributed by atoms with Crippen molar-refractivity contribution in [3.63, 3.8) is 0 Å². The van der Waals surface area contributed by atoms with Gasteiger partial charge in [-0.15, -0.1) is 5.10 Å². The van der Waals surface area contributed by atoms with Crippen LogP contribution in [0.5, 0.6) is 5.75 Å². The van der Waals surface area contributed by atoms with Crippen LogP contribution >= 0.6 is 0 Å². The second kappa shape index (κ2) is 9.19. The monoisotopic (exact) mass is 505 g/mol. The lowest BCUT2D eigenvalue weighted by atomic mass is 9.77. The van der Waals surface area contributed by atoms with Gasteiger partial charge < -0.3 is 15.4 Å². The highest BCUT2D eigenvalue weighted by molar-refractivity contribution is 5.62. The van der Waals surface area contributed by atoms with Crippen LogP contribution in [0, 0.1) is 0 Å². The average Bonchev–Trinajstić information content (AvgIpc) is 3.31. The van der Waals surface area contributed by atoms with Gasteiger partial charge in [-0.1, -0.05) is 0 Å². The van der Waals surface area contributed by atoms with Crippen molar-refractivity contribution in [1.82, 2.24) is 35.1 Å². The van der Waals surface area contributed by atoms with Crippen LogP contribution in [0.1, 0.15) is 46.1 Å². The molecule has 194 valence electrons. The maximum atomic E-state index is 13.8. The second-order valence-electron chi connectivity index (χ2n) is 10.2. The van der Waals surface area contributed by atoms with Crippen LogP contribution in [0.15, 0.2) is 30.7 Å². The van der Waals surface area contributed by atoms with E-state index in [0.29, 0.717) is 30.0 Å². The summed E-state index contributed by atoms with van der Waals surface area (Å²) in [4.78, 5) is 10.4. The Kier molecular flexibility index (Phi) is 6.54. The van der Waals surface area contributed by atoms with E-state index in [4.69, 9.17) is 4.74 Å². The third-order valence-corrected chi connectivity index (χ3v) is 6.74. The Balaban J connectivity index is 1.66. The van der Waals surface area contributed by atoms with Crippen molar-refractivity contribution in [3.8, 4) is 11.4 Å². The van der Waals surface area contributed by atoms with Gasteiger partial charge in [0.05, 0.1) is 12.8 Å². The fraction of sp³-hybridized carbons (Fsp3) is 0.522. The van der Waals surface area contributed by atoms with Crippen LogP contribution in [-0.2, 0) is 6.18 Å². The van der Waals surface area contributed by atoms with Crippen molar-refractivity contribution >= 4 is 17.5 Å². The summed E-state index contributed by atoms with van der Waals surface area (Å²) in [5, 5.41) is 17.2. The Morgan fingerprint density at radius 2 is 1.78 bits per heavy atom. The normalized spacial score (nSPS) is 18.1. The molecule has 0 bridgehead atoms. The highest BCUT2D eigenvalue weighted by Gasteiger charge is 2.44. The number of halogens is 3. The fourth-order valence-electron chi connectivity index (χ4n) is 4.74. The molecule has 13 heteroatoms. The quantitative estimate of drug-likeness (QED) is 0.508. The smallest absolute Gasteiger partial charge is 0.421 e. The van der Waals surface area contributed by atoms with Gasteiger partial charge in [0.1, 0.15) is 23.5 Å². The molecular formula is C23H30F3N9O. The van der Waals surface area contributed by atoms with Crippen molar-refractivity contribution in [2.45, 2.75) is 63.8 Å². The standard InChI is InChI=1S/C23H30F3N9O/c1-21(2)10-15(11-22(3,4)34(21)5)29-19-18(23(24,25)26)12-27-20(31-19)30-14-7-16(9-17(8-14)36-6)35-13-28-32-33-35/h7-9,12-13,15H,10-11H2,1-6H3,(H2,27,29,30,31). The SMILES string of the molecule is COc1cc(Nc2ncc(C(F)(F)F)c(NC3CC(C)(C)N(C)C(C)(C)C3)n2)cc(-n2cnnn2)c1. The topological polar surface area (TPSA) is 106 Å². The van der Waals surface area contributed by atoms with Crippen molar-refractivity contribution in [3.05, 3.63) is 36.3 Å². The highest BCUT2D eigenvalue weighted by Crippen LogP contribution is 2.40. The van der Waals surface area contributed by atoms with Gasteiger partial charge in [-0.2, -0.15) is 18.2 Å².